The first-order valence-corrected chi connectivity index (χ1v) is 15.1. The molecule has 5 aromatic carbocycles. The molecule has 0 fully saturated rings. The fourth-order valence-corrected chi connectivity index (χ4v) is 7.79. The number of fused-ring (bicyclic) bond motifs is 9. The molecule has 0 spiro atoms. The van der Waals surface area contributed by atoms with E-state index in [0.29, 0.717) is 11.8 Å². The van der Waals surface area contributed by atoms with Crippen molar-refractivity contribution in [3.63, 3.8) is 0 Å². The van der Waals surface area contributed by atoms with Gasteiger partial charge in [-0.3, -0.25) is 0 Å². The summed E-state index contributed by atoms with van der Waals surface area (Å²) >= 11 is 0. The number of aromatic nitrogens is 1. The highest BCUT2D eigenvalue weighted by atomic mass is 15.0. The highest BCUT2D eigenvalue weighted by Crippen LogP contribution is 2.49. The van der Waals surface area contributed by atoms with Crippen LogP contribution in [0.3, 0.4) is 0 Å². The lowest BCUT2D eigenvalue weighted by atomic mass is 9.72. The van der Waals surface area contributed by atoms with E-state index in [-0.39, 0.29) is 0 Å². The third-order valence-corrected chi connectivity index (χ3v) is 9.76. The number of rotatable bonds is 2. The van der Waals surface area contributed by atoms with Crippen molar-refractivity contribution in [2.75, 3.05) is 0 Å². The topological polar surface area (TPSA) is 4.93 Å². The van der Waals surface area contributed by atoms with Gasteiger partial charge in [0.25, 0.3) is 0 Å². The summed E-state index contributed by atoms with van der Waals surface area (Å²) in [5, 5.41) is 6.71. The highest BCUT2D eigenvalue weighted by molar-refractivity contribution is 5.95. The molecule has 1 aromatic heterocycles. The van der Waals surface area contributed by atoms with Crippen LogP contribution in [-0.2, 0) is 6.42 Å². The zero-order valence-electron chi connectivity index (χ0n) is 23.1. The summed E-state index contributed by atoms with van der Waals surface area (Å²) in [6, 6.07) is 36.4. The van der Waals surface area contributed by atoms with Crippen LogP contribution in [0, 0.1) is 5.92 Å². The van der Waals surface area contributed by atoms with Crippen molar-refractivity contribution in [1.29, 1.82) is 0 Å². The maximum absolute atomic E-state index is 2.56. The monoisotopic (exact) mass is 525 g/mol. The average Bonchev–Trinajstić information content (AvgIpc) is 3.38. The van der Waals surface area contributed by atoms with E-state index >= 15 is 0 Å². The van der Waals surface area contributed by atoms with Gasteiger partial charge in [-0.1, -0.05) is 97.1 Å². The van der Waals surface area contributed by atoms with Gasteiger partial charge in [0.15, 0.2) is 0 Å². The molecule has 2 atom stereocenters. The van der Waals surface area contributed by atoms with E-state index in [1.54, 1.807) is 0 Å². The Hall–Kier alpha value is -4.62. The smallest absolute Gasteiger partial charge is 0.0537 e. The van der Waals surface area contributed by atoms with Crippen molar-refractivity contribution in [2.45, 2.75) is 31.6 Å². The Kier molecular flexibility index (Phi) is 5.04. The molecule has 1 nitrogen and oxygen atoms in total. The van der Waals surface area contributed by atoms with Gasteiger partial charge in [-0.05, 0) is 111 Å². The fraction of sp³-hybridized carbons (Fsp3) is 0.150. The highest BCUT2D eigenvalue weighted by Gasteiger charge is 2.33. The predicted octanol–water partition coefficient (Wildman–Crippen LogP) is 10.5. The molecular weight excluding hydrogens is 494 g/mol. The van der Waals surface area contributed by atoms with Crippen LogP contribution in [-0.4, -0.2) is 4.57 Å². The summed E-state index contributed by atoms with van der Waals surface area (Å²) in [6.07, 6.45) is 16.7. The van der Waals surface area contributed by atoms with Crippen molar-refractivity contribution < 1.29 is 0 Å². The SMILES string of the molecule is C1=Cc2c(ccc3cc(C4=CC5C=Cc6c(c7ccccc7n6-c6ccc7ccccc7c6)C5CC4)ccc23)CC1. The lowest BCUT2D eigenvalue weighted by Crippen LogP contribution is -2.18. The van der Waals surface area contributed by atoms with Crippen LogP contribution in [0.1, 0.15) is 53.1 Å². The summed E-state index contributed by atoms with van der Waals surface area (Å²) in [5.41, 5.74) is 11.2. The molecule has 41 heavy (non-hydrogen) atoms. The molecule has 2 unspecified atom stereocenters. The van der Waals surface area contributed by atoms with Crippen molar-refractivity contribution in [3.8, 4) is 5.69 Å². The number of benzene rings is 5. The predicted molar refractivity (Wildman–Crippen MR) is 175 cm³/mol. The number of para-hydroxylation sites is 1. The summed E-state index contributed by atoms with van der Waals surface area (Å²) in [5.74, 6) is 0.923. The number of aryl methyl sites for hydroxylation is 1. The third kappa shape index (κ3) is 3.55. The van der Waals surface area contributed by atoms with E-state index in [1.165, 1.54) is 78.1 Å². The van der Waals surface area contributed by atoms with Crippen LogP contribution >= 0.6 is 0 Å². The molecule has 9 rings (SSSR count). The summed E-state index contributed by atoms with van der Waals surface area (Å²) in [7, 11) is 0. The molecule has 196 valence electrons. The van der Waals surface area contributed by atoms with Gasteiger partial charge in [0, 0.05) is 17.0 Å². The third-order valence-electron chi connectivity index (χ3n) is 9.76. The average molecular weight is 526 g/mol. The molecule has 0 bridgehead atoms. The summed E-state index contributed by atoms with van der Waals surface area (Å²) in [4.78, 5) is 0. The minimum Gasteiger partial charge on any atom is -0.310 e. The van der Waals surface area contributed by atoms with E-state index in [0.717, 1.165) is 19.3 Å². The van der Waals surface area contributed by atoms with Crippen molar-refractivity contribution in [2.24, 2.45) is 5.92 Å². The Morgan fingerprint density at radius 3 is 2.54 bits per heavy atom. The Balaban J connectivity index is 1.13. The number of allylic oxidation sites excluding steroid dienone is 4. The molecule has 0 amide bonds. The van der Waals surface area contributed by atoms with Crippen LogP contribution in [0.4, 0.5) is 0 Å². The van der Waals surface area contributed by atoms with Gasteiger partial charge in [0.2, 0.25) is 0 Å². The van der Waals surface area contributed by atoms with Gasteiger partial charge in [-0.25, -0.2) is 0 Å². The van der Waals surface area contributed by atoms with Gasteiger partial charge in [0.1, 0.15) is 0 Å². The molecule has 3 aliphatic carbocycles. The zero-order valence-corrected chi connectivity index (χ0v) is 23.1. The molecule has 0 saturated heterocycles. The number of nitrogens with zero attached hydrogens (tertiary/aromatic N) is 1. The standard InChI is InChI=1S/C40H31N/c1-2-9-28-25-33(19-15-26(28)7-1)41-38-12-6-5-11-37(38)40-36-21-17-30(24-32(36)18-22-39(40)41)29-16-20-35-31(23-29)14-13-27-8-3-4-10-34(27)35/h1-2,4-7,9-16,18-20,22-25,32,36H,3,8,17,21H2. The summed E-state index contributed by atoms with van der Waals surface area (Å²) in [6.45, 7) is 0. The van der Waals surface area contributed by atoms with E-state index in [4.69, 9.17) is 0 Å². The van der Waals surface area contributed by atoms with E-state index in [2.05, 4.69) is 132 Å². The second-order valence-electron chi connectivity index (χ2n) is 12.0. The van der Waals surface area contributed by atoms with E-state index in [9.17, 15) is 0 Å². The first-order valence-electron chi connectivity index (χ1n) is 15.1. The molecule has 0 N–H and O–H groups in total. The maximum atomic E-state index is 2.56. The molecule has 0 saturated carbocycles. The molecule has 0 radical (unpaired) electrons. The second kappa shape index (κ2) is 8.94. The lowest BCUT2D eigenvalue weighted by molar-refractivity contribution is 0.534. The van der Waals surface area contributed by atoms with Crippen LogP contribution in [0.5, 0.6) is 0 Å². The van der Waals surface area contributed by atoms with Gasteiger partial charge in [-0.2, -0.15) is 0 Å². The van der Waals surface area contributed by atoms with Gasteiger partial charge < -0.3 is 4.57 Å². The Bertz CT molecular complexity index is 2110. The summed E-state index contributed by atoms with van der Waals surface area (Å²) < 4.78 is 2.49. The Morgan fingerprint density at radius 1 is 0.683 bits per heavy atom. The van der Waals surface area contributed by atoms with Crippen molar-refractivity contribution in [3.05, 3.63) is 143 Å². The zero-order chi connectivity index (χ0) is 26.9. The maximum Gasteiger partial charge on any atom is 0.0537 e. The number of hydrogen-bond donors (Lipinski definition) is 0. The van der Waals surface area contributed by atoms with Crippen LogP contribution < -0.4 is 0 Å². The molecule has 3 aliphatic rings. The lowest BCUT2D eigenvalue weighted by Gasteiger charge is -2.32. The Labute approximate surface area is 240 Å². The fourth-order valence-electron chi connectivity index (χ4n) is 7.79. The van der Waals surface area contributed by atoms with Crippen LogP contribution in [0.25, 0.3) is 55.9 Å². The quantitative estimate of drug-likeness (QED) is 0.212. The molecular formula is C40H31N. The van der Waals surface area contributed by atoms with Crippen LogP contribution in [0.2, 0.25) is 0 Å². The van der Waals surface area contributed by atoms with Crippen molar-refractivity contribution in [1.82, 2.24) is 4.57 Å². The molecule has 1 heteroatoms. The van der Waals surface area contributed by atoms with Crippen molar-refractivity contribution >= 4 is 50.2 Å². The van der Waals surface area contributed by atoms with Gasteiger partial charge in [0.05, 0.1) is 11.2 Å². The molecule has 6 aromatic rings. The largest absolute Gasteiger partial charge is 0.310 e. The molecule has 1 heterocycles. The molecule has 0 aliphatic heterocycles. The second-order valence-corrected chi connectivity index (χ2v) is 12.0. The normalized spacial score (nSPS) is 19.3. The minimum absolute atomic E-state index is 0.421. The minimum atomic E-state index is 0.421. The van der Waals surface area contributed by atoms with E-state index < -0.39 is 0 Å². The van der Waals surface area contributed by atoms with E-state index in [1.807, 2.05) is 0 Å². The van der Waals surface area contributed by atoms with Gasteiger partial charge >= 0.3 is 0 Å². The Morgan fingerprint density at radius 2 is 1.56 bits per heavy atom. The van der Waals surface area contributed by atoms with Crippen LogP contribution in [0.15, 0.2) is 115 Å². The first-order chi connectivity index (χ1) is 20.3. The number of hydrogen-bond acceptors (Lipinski definition) is 0. The first kappa shape index (κ1) is 23.1. The van der Waals surface area contributed by atoms with Gasteiger partial charge in [-0.15, -0.1) is 0 Å².